The van der Waals surface area contributed by atoms with Crippen LogP contribution in [0.5, 0.6) is 0 Å². The SMILES string of the molecule is [O-2].[O-2].[O-2].[O-2].[O-2].[O]=[Al][O-].[O]=[Al][O-].[O]=[Al][O-].[O]=[Al][O-].[O]=[Al][O-].[Ta+5].[Ta+5].[Ta+5]. The molecule has 0 fully saturated rings. The van der Waals surface area contributed by atoms with E-state index in [0.29, 0.717) is 0 Å². The van der Waals surface area contributed by atoms with Gasteiger partial charge in [0.15, 0.2) is 0 Å². The standard InChI is InChI=1S/5Al.15O.3Ta/q;;;;;;;;;;5*-2;5*-1;3*+5. The molecule has 0 unspecified atom stereocenters. The van der Waals surface area contributed by atoms with Gasteiger partial charge < -0.3 is 27.4 Å². The molecule has 0 spiro atoms. The molecule has 23 heteroatoms. The summed E-state index contributed by atoms with van der Waals surface area (Å²) in [4.78, 5) is 0. The molecule has 0 N–H and O–H groups in total. The van der Waals surface area contributed by atoms with Gasteiger partial charge in [-0.15, -0.1) is 0 Å². The smallest absolute Gasteiger partial charge is 5.00 e. The van der Waals surface area contributed by atoms with Gasteiger partial charge >= 0.3 is 184 Å². The van der Waals surface area contributed by atoms with E-state index < -0.39 is 77.4 Å². The Balaban J connectivity index is -0.00000000455. The molecule has 0 aliphatic rings. The van der Waals surface area contributed by atoms with Crippen molar-refractivity contribution >= 4 is 77.4 Å². The Morgan fingerprint density at radius 3 is 0.348 bits per heavy atom. The van der Waals surface area contributed by atoms with E-state index in [1.807, 2.05) is 0 Å². The molecule has 0 aliphatic heterocycles. The maximum absolute atomic E-state index is 8.46. The van der Waals surface area contributed by atoms with E-state index in [4.69, 9.17) is 39.8 Å². The van der Waals surface area contributed by atoms with Crippen molar-refractivity contribution in [1.29, 1.82) is 0 Å². The van der Waals surface area contributed by atoms with E-state index in [1.165, 1.54) is 0 Å². The Bertz CT molecular complexity index is 101. The maximum Gasteiger partial charge on any atom is 5.00 e. The number of hydrogen-bond acceptors (Lipinski definition) is 10. The fourth-order valence-corrected chi connectivity index (χ4v) is 0. The Kier molecular flexibility index (Phi) is 992. The van der Waals surface area contributed by atoms with Crippen LogP contribution in [-0.2, 0) is 114 Å². The normalized spacial score (nSPS) is 1.74. The first-order valence-electron chi connectivity index (χ1n) is 2.36. The fourth-order valence-electron chi connectivity index (χ4n) is 0. The second kappa shape index (κ2) is 235. The zero-order valence-electron chi connectivity index (χ0n) is 10.4. The van der Waals surface area contributed by atoms with E-state index in [0.717, 1.165) is 0 Å². The molecule has 0 aromatic heterocycles. The number of hydrogen-bond donors (Lipinski definition) is 0. The quantitative estimate of drug-likeness (QED) is 0.207. The molecular formula is Al5O15Ta3. The molecule has 120 valence electrons. The molecule has 0 aromatic rings. The summed E-state index contributed by atoms with van der Waals surface area (Å²) in [7, 11) is 0. The van der Waals surface area contributed by atoms with E-state index in [-0.39, 0.29) is 94.5 Å². The first kappa shape index (κ1) is 97.3. The third-order valence-electron chi connectivity index (χ3n) is 0. The van der Waals surface area contributed by atoms with Crippen molar-refractivity contribution < 1.29 is 134 Å². The monoisotopic (exact) mass is 918 g/mol. The summed E-state index contributed by atoms with van der Waals surface area (Å²) in [6.45, 7) is 0. The Labute approximate surface area is 209 Å². The number of rotatable bonds is 0. The van der Waals surface area contributed by atoms with Crippen molar-refractivity contribution in [3.8, 4) is 0 Å². The van der Waals surface area contributed by atoms with Crippen LogP contribution < -0.4 is 20.8 Å². The largest absolute Gasteiger partial charge is 5.00 e. The summed E-state index contributed by atoms with van der Waals surface area (Å²) in [5.74, 6) is 0. The third-order valence-corrected chi connectivity index (χ3v) is 0. The average molecular weight is 918 g/mol. The van der Waals surface area contributed by atoms with Gasteiger partial charge in [0, 0.05) is 0 Å². The van der Waals surface area contributed by atoms with Gasteiger partial charge in [-0.1, -0.05) is 0 Å². The van der Waals surface area contributed by atoms with Crippen molar-refractivity contribution in [2.45, 2.75) is 0 Å². The van der Waals surface area contributed by atoms with Gasteiger partial charge in [-0.2, -0.15) is 0 Å². The first-order chi connectivity index (χ1) is 7.07. The molecule has 0 bridgehead atoms. The van der Waals surface area contributed by atoms with Crippen LogP contribution in [0.25, 0.3) is 0 Å². The second-order valence-electron chi connectivity index (χ2n) is 0.481. The summed E-state index contributed by atoms with van der Waals surface area (Å²) < 4.78 is 84.6. The molecule has 23 heavy (non-hydrogen) atoms. The molecular weight excluding hydrogens is 918 g/mol. The van der Waals surface area contributed by atoms with Gasteiger partial charge in [-0.25, -0.2) is 0 Å². The molecule has 0 saturated heterocycles. The van der Waals surface area contributed by atoms with Gasteiger partial charge in [0.1, 0.15) is 0 Å². The van der Waals surface area contributed by atoms with Gasteiger partial charge in [-0.05, 0) is 0 Å². The van der Waals surface area contributed by atoms with Crippen LogP contribution in [-0.4, -0.2) is 77.4 Å². The predicted molar refractivity (Wildman–Crippen MR) is 35.6 cm³/mol. The van der Waals surface area contributed by atoms with Gasteiger partial charge in [0.2, 0.25) is 0 Å². The van der Waals surface area contributed by atoms with Gasteiger partial charge in [0.05, 0.1) is 0 Å². The predicted octanol–water partition coefficient (Wildman–Crippen LogP) is -9.04. The molecule has 0 aromatic carbocycles. The van der Waals surface area contributed by atoms with Crippen LogP contribution in [0.1, 0.15) is 0 Å². The van der Waals surface area contributed by atoms with Crippen molar-refractivity contribution in [2.24, 2.45) is 0 Å². The van der Waals surface area contributed by atoms with E-state index in [2.05, 4.69) is 0 Å². The molecule has 0 aliphatic carbocycles. The summed E-state index contributed by atoms with van der Waals surface area (Å²) in [5, 5.41) is 0. The molecule has 0 heterocycles. The minimum Gasteiger partial charge on any atom is 5.00 e. The molecule has 0 saturated carbocycles. The Hall–Kier alpha value is 2.68. The molecule has 0 amide bonds. The zero-order valence-corrected chi connectivity index (χ0v) is 25.8. The van der Waals surface area contributed by atoms with Crippen LogP contribution in [0.15, 0.2) is 0 Å². The molecule has 0 radical (unpaired) electrons. The van der Waals surface area contributed by atoms with Crippen LogP contribution in [0.4, 0.5) is 0 Å². The van der Waals surface area contributed by atoms with Crippen molar-refractivity contribution in [3.63, 3.8) is 0 Å². The topological polar surface area (TPSA) is 343 Å². The van der Waals surface area contributed by atoms with Crippen LogP contribution in [0, 0.1) is 0 Å². The summed E-state index contributed by atoms with van der Waals surface area (Å²) in [6.07, 6.45) is 0. The van der Waals surface area contributed by atoms with Gasteiger partial charge in [0.25, 0.3) is 0 Å². The van der Waals surface area contributed by atoms with E-state index in [9.17, 15) is 0 Å². The van der Waals surface area contributed by atoms with Crippen LogP contribution >= 0.6 is 0 Å². The van der Waals surface area contributed by atoms with E-state index >= 15 is 0 Å². The van der Waals surface area contributed by atoms with Crippen molar-refractivity contribution in [3.05, 3.63) is 0 Å². The first-order valence-corrected chi connectivity index (χ1v) is 7.07. The second-order valence-corrected chi connectivity index (χ2v) is 1.44. The van der Waals surface area contributed by atoms with Crippen LogP contribution in [0.3, 0.4) is 0 Å². The summed E-state index contributed by atoms with van der Waals surface area (Å²) in [5.41, 5.74) is 0. The Morgan fingerprint density at radius 2 is 0.348 bits per heavy atom. The van der Waals surface area contributed by atoms with Crippen molar-refractivity contribution in [1.82, 2.24) is 0 Å². The van der Waals surface area contributed by atoms with Crippen LogP contribution in [0.2, 0.25) is 0 Å². The molecule has 0 atom stereocenters. The third kappa shape index (κ3) is 1760. The van der Waals surface area contributed by atoms with E-state index in [1.54, 1.807) is 0 Å². The fraction of sp³-hybridized carbons (Fsp3) is 0. The molecule has 0 rings (SSSR count). The molecule has 15 nitrogen and oxygen atoms in total. The summed E-state index contributed by atoms with van der Waals surface area (Å²) in [6, 6.07) is 0. The Morgan fingerprint density at radius 1 is 0.348 bits per heavy atom. The average Bonchev–Trinajstić information content (AvgIpc) is 2.09. The minimum atomic E-state index is -1.75. The summed E-state index contributed by atoms with van der Waals surface area (Å²) >= 11 is -8.75. The van der Waals surface area contributed by atoms with Gasteiger partial charge in [-0.3, -0.25) is 0 Å². The minimum absolute atomic E-state index is 0. The zero-order chi connectivity index (χ0) is 13.5. The van der Waals surface area contributed by atoms with Crippen molar-refractivity contribution in [2.75, 3.05) is 0 Å². The maximum atomic E-state index is 8.46.